The molecule has 1 aliphatic heterocycles. The number of benzene rings is 3. The first-order chi connectivity index (χ1) is 18.1. The Morgan fingerprint density at radius 2 is 1.76 bits per heavy atom. The van der Waals surface area contributed by atoms with E-state index in [0.717, 1.165) is 65.7 Å². The molecule has 2 N–H and O–H groups in total. The second kappa shape index (κ2) is 10.3. The van der Waals surface area contributed by atoms with Gasteiger partial charge in [-0.1, -0.05) is 42.5 Å². The van der Waals surface area contributed by atoms with Crippen LogP contribution in [-0.2, 0) is 6.54 Å². The molecule has 1 aliphatic rings. The number of nitrogens with zero attached hydrogens (tertiary/aromatic N) is 4. The second-order valence-electron chi connectivity index (χ2n) is 9.45. The molecule has 5 aromatic rings. The van der Waals surface area contributed by atoms with Gasteiger partial charge in [0.05, 0.1) is 16.7 Å². The van der Waals surface area contributed by atoms with Crippen LogP contribution in [0.5, 0.6) is 0 Å². The number of imidazole rings is 1. The molecule has 0 unspecified atom stereocenters. The number of amides is 1. The lowest BCUT2D eigenvalue weighted by Crippen LogP contribution is -2.43. The lowest BCUT2D eigenvalue weighted by molar-refractivity contribution is 0.102. The molecule has 0 spiro atoms. The number of carbonyl (C=O) groups is 1. The Morgan fingerprint density at radius 1 is 0.973 bits per heavy atom. The summed E-state index contributed by atoms with van der Waals surface area (Å²) >= 11 is 1.55. The van der Waals surface area contributed by atoms with Crippen LogP contribution in [-0.4, -0.2) is 63.9 Å². The van der Waals surface area contributed by atoms with Gasteiger partial charge in [0.25, 0.3) is 5.91 Å². The molecule has 37 heavy (non-hydrogen) atoms. The predicted molar refractivity (Wildman–Crippen MR) is 150 cm³/mol. The summed E-state index contributed by atoms with van der Waals surface area (Å²) in [5.41, 5.74) is 6.23. The number of rotatable bonds is 6. The highest BCUT2D eigenvalue weighted by Gasteiger charge is 2.15. The fraction of sp³-hybridized carbons (Fsp3) is 0.207. The number of piperazine rings is 1. The van der Waals surface area contributed by atoms with Crippen LogP contribution < -0.4 is 5.32 Å². The van der Waals surface area contributed by atoms with Crippen molar-refractivity contribution in [3.63, 3.8) is 0 Å². The van der Waals surface area contributed by atoms with Gasteiger partial charge in [-0.05, 0) is 42.9 Å². The van der Waals surface area contributed by atoms with Crippen LogP contribution in [0.15, 0.2) is 78.2 Å². The van der Waals surface area contributed by atoms with Crippen LogP contribution in [0.2, 0.25) is 0 Å². The number of fused-ring (bicyclic) bond motifs is 1. The number of nitrogens with one attached hydrogen (secondary N) is 2. The quantitative estimate of drug-likeness (QED) is 0.323. The van der Waals surface area contributed by atoms with Crippen molar-refractivity contribution in [1.29, 1.82) is 0 Å². The summed E-state index contributed by atoms with van der Waals surface area (Å²) in [6.45, 7) is 5.32. The molecule has 1 saturated heterocycles. The lowest BCUT2D eigenvalue weighted by Gasteiger charge is -2.32. The van der Waals surface area contributed by atoms with Crippen molar-refractivity contribution >= 4 is 34.0 Å². The van der Waals surface area contributed by atoms with Gasteiger partial charge in [-0.15, -0.1) is 11.3 Å². The van der Waals surface area contributed by atoms with E-state index in [-0.39, 0.29) is 5.91 Å². The number of aromatic amines is 1. The molecule has 0 radical (unpaired) electrons. The Morgan fingerprint density at radius 3 is 2.54 bits per heavy atom. The number of aromatic nitrogens is 3. The number of thiazole rings is 1. The van der Waals surface area contributed by atoms with Gasteiger partial charge in [-0.2, -0.15) is 0 Å². The monoisotopic (exact) mass is 508 g/mol. The van der Waals surface area contributed by atoms with E-state index in [9.17, 15) is 4.79 Å². The highest BCUT2D eigenvalue weighted by Crippen LogP contribution is 2.29. The van der Waals surface area contributed by atoms with Crippen molar-refractivity contribution in [2.75, 3.05) is 38.5 Å². The minimum Gasteiger partial charge on any atom is -0.336 e. The molecule has 0 bridgehead atoms. The number of hydrogen-bond donors (Lipinski definition) is 2. The van der Waals surface area contributed by atoms with E-state index in [1.165, 1.54) is 5.56 Å². The molecule has 1 amide bonds. The molecule has 1 fully saturated rings. The summed E-state index contributed by atoms with van der Waals surface area (Å²) in [6.07, 6.45) is 0. The Labute approximate surface area is 219 Å². The first-order valence-electron chi connectivity index (χ1n) is 12.4. The fourth-order valence-corrected chi connectivity index (χ4v) is 5.31. The van der Waals surface area contributed by atoms with Crippen LogP contribution in [0.3, 0.4) is 0 Å². The molecule has 0 atom stereocenters. The number of hydrogen-bond acceptors (Lipinski definition) is 6. The average molecular weight is 509 g/mol. The molecular formula is C29H28N6OS. The Hall–Kier alpha value is -3.85. The topological polar surface area (TPSA) is 77.2 Å². The smallest absolute Gasteiger partial charge is 0.255 e. The maximum Gasteiger partial charge on any atom is 0.255 e. The summed E-state index contributed by atoms with van der Waals surface area (Å²) in [5, 5.41) is 5.87. The van der Waals surface area contributed by atoms with Crippen LogP contribution in [0, 0.1) is 0 Å². The molecule has 8 heteroatoms. The van der Waals surface area contributed by atoms with Gasteiger partial charge in [0, 0.05) is 54.9 Å². The molecular weight excluding hydrogens is 480 g/mol. The van der Waals surface area contributed by atoms with Crippen molar-refractivity contribution in [2.45, 2.75) is 6.54 Å². The van der Waals surface area contributed by atoms with Crippen molar-refractivity contribution in [3.8, 4) is 22.1 Å². The van der Waals surface area contributed by atoms with E-state index in [0.29, 0.717) is 11.4 Å². The van der Waals surface area contributed by atoms with E-state index in [4.69, 9.17) is 9.97 Å². The zero-order valence-corrected chi connectivity index (χ0v) is 21.5. The Balaban J connectivity index is 1.13. The number of anilines is 1. The molecule has 6 rings (SSSR count). The fourth-order valence-electron chi connectivity index (χ4n) is 4.54. The number of H-pyrrole nitrogens is 1. The van der Waals surface area contributed by atoms with Crippen LogP contribution >= 0.6 is 11.3 Å². The van der Waals surface area contributed by atoms with Gasteiger partial charge < -0.3 is 15.2 Å². The van der Waals surface area contributed by atoms with E-state index < -0.39 is 0 Å². The number of carbonyl (C=O) groups excluding carboxylic acids is 1. The molecule has 3 heterocycles. The van der Waals surface area contributed by atoms with Crippen LogP contribution in [0.4, 0.5) is 5.69 Å². The van der Waals surface area contributed by atoms with Gasteiger partial charge in [0.2, 0.25) is 0 Å². The van der Waals surface area contributed by atoms with Crippen molar-refractivity contribution in [2.24, 2.45) is 0 Å². The average Bonchev–Trinajstić information content (AvgIpc) is 3.59. The van der Waals surface area contributed by atoms with Gasteiger partial charge in [0.1, 0.15) is 0 Å². The molecule has 2 aromatic heterocycles. The zero-order chi connectivity index (χ0) is 25.2. The molecule has 186 valence electrons. The van der Waals surface area contributed by atoms with Gasteiger partial charge in [-0.25, -0.2) is 9.97 Å². The molecule has 0 saturated carbocycles. The summed E-state index contributed by atoms with van der Waals surface area (Å²) in [6, 6.07) is 23.8. The highest BCUT2D eigenvalue weighted by molar-refractivity contribution is 7.13. The third kappa shape index (κ3) is 5.32. The van der Waals surface area contributed by atoms with E-state index in [2.05, 4.69) is 39.3 Å². The van der Waals surface area contributed by atoms with Crippen LogP contribution in [0.25, 0.3) is 33.1 Å². The third-order valence-corrected chi connectivity index (χ3v) is 7.58. The van der Waals surface area contributed by atoms with E-state index in [1.54, 1.807) is 17.4 Å². The first kappa shape index (κ1) is 23.5. The summed E-state index contributed by atoms with van der Waals surface area (Å²) < 4.78 is 0. The van der Waals surface area contributed by atoms with Gasteiger partial charge in [-0.3, -0.25) is 9.69 Å². The first-order valence-corrected chi connectivity index (χ1v) is 13.3. The maximum atomic E-state index is 13.0. The van der Waals surface area contributed by atoms with Gasteiger partial charge in [0.15, 0.2) is 10.8 Å². The Bertz CT molecular complexity index is 1520. The minimum absolute atomic E-state index is 0.148. The largest absolute Gasteiger partial charge is 0.336 e. The maximum absolute atomic E-state index is 13.0. The normalized spacial score (nSPS) is 14.7. The summed E-state index contributed by atoms with van der Waals surface area (Å²) in [5.74, 6) is 0.557. The summed E-state index contributed by atoms with van der Waals surface area (Å²) in [7, 11) is 2.17. The van der Waals surface area contributed by atoms with Crippen LogP contribution in [0.1, 0.15) is 15.9 Å². The van der Waals surface area contributed by atoms with Gasteiger partial charge >= 0.3 is 0 Å². The highest BCUT2D eigenvalue weighted by atomic mass is 32.1. The minimum atomic E-state index is -0.148. The second-order valence-corrected chi connectivity index (χ2v) is 10.3. The van der Waals surface area contributed by atoms with Crippen molar-refractivity contribution < 1.29 is 4.79 Å². The number of likely N-dealkylation sites (N-methyl/N-ethyl adjacent to an activating group) is 1. The van der Waals surface area contributed by atoms with Crippen molar-refractivity contribution in [3.05, 3.63) is 89.3 Å². The van der Waals surface area contributed by atoms with Crippen molar-refractivity contribution in [1.82, 2.24) is 24.8 Å². The lowest BCUT2D eigenvalue weighted by atomic mass is 10.1. The molecule has 0 aliphatic carbocycles. The summed E-state index contributed by atoms with van der Waals surface area (Å²) in [4.78, 5) is 30.6. The standard InChI is InChI=1S/C29H28N6OS/c1-34-13-15-35(16-14-34)18-20-7-10-23(11-8-20)30-28(36)22-9-12-24-25(17-22)32-27(31-24)29-33-26(19-37-29)21-5-3-2-4-6-21/h2-12,17,19H,13-16,18H2,1H3,(H,30,36)(H,31,32). The van der Waals surface area contributed by atoms with E-state index >= 15 is 0 Å². The molecule has 7 nitrogen and oxygen atoms in total. The van der Waals surface area contributed by atoms with E-state index in [1.807, 2.05) is 60.0 Å². The zero-order valence-electron chi connectivity index (χ0n) is 20.6. The molecule has 3 aromatic carbocycles. The predicted octanol–water partition coefficient (Wildman–Crippen LogP) is 5.35. The third-order valence-electron chi connectivity index (χ3n) is 6.73. The SMILES string of the molecule is CN1CCN(Cc2ccc(NC(=O)c3ccc4nc(-c5nc(-c6ccccc6)cs5)[nH]c4c3)cc2)CC1. The Kier molecular flexibility index (Phi) is 6.53.